The number of amides is 3. The van der Waals surface area contributed by atoms with Gasteiger partial charge in [-0.05, 0) is 91.2 Å². The predicted molar refractivity (Wildman–Crippen MR) is 160 cm³/mol. The summed E-state index contributed by atoms with van der Waals surface area (Å²) in [6.07, 6.45) is 7.21. The summed E-state index contributed by atoms with van der Waals surface area (Å²) in [6, 6.07) is 13.7. The number of fused-ring (bicyclic) bond motifs is 2. The maximum absolute atomic E-state index is 12.5. The van der Waals surface area contributed by atoms with Crippen LogP contribution in [0.15, 0.2) is 36.4 Å². The minimum atomic E-state index is -0.386. The molecule has 3 saturated heterocycles. The summed E-state index contributed by atoms with van der Waals surface area (Å²) in [7, 11) is 3.39. The number of benzene rings is 2. The number of carbonyl (C=O) groups excluding carboxylic acids is 3. The van der Waals surface area contributed by atoms with Crippen molar-refractivity contribution in [2.45, 2.75) is 63.2 Å². The number of hydrogen-bond acceptors (Lipinski definition) is 6. The van der Waals surface area contributed by atoms with Crippen molar-refractivity contribution < 1.29 is 19.1 Å². The molecule has 3 amide bonds. The minimum absolute atomic E-state index is 0.203. The molecule has 4 heterocycles. The molecule has 7 rings (SSSR count). The van der Waals surface area contributed by atoms with E-state index in [0.29, 0.717) is 18.8 Å². The zero-order valence-corrected chi connectivity index (χ0v) is 24.5. The van der Waals surface area contributed by atoms with Crippen molar-refractivity contribution in [3.63, 3.8) is 0 Å². The highest BCUT2D eigenvalue weighted by atomic mass is 16.5. The monoisotopic (exact) mass is 569 g/mol. The first kappa shape index (κ1) is 27.0. The second-order valence-electron chi connectivity index (χ2n) is 12.8. The van der Waals surface area contributed by atoms with Gasteiger partial charge >= 0.3 is 6.09 Å². The van der Waals surface area contributed by atoms with Gasteiger partial charge in [-0.1, -0.05) is 18.2 Å². The van der Waals surface area contributed by atoms with Gasteiger partial charge < -0.3 is 14.5 Å². The Labute approximate surface area is 246 Å². The number of anilines is 1. The minimum Gasteiger partial charge on any atom is -0.453 e. The smallest absolute Gasteiger partial charge is 0.409 e. The Hall–Kier alpha value is -3.88. The highest BCUT2D eigenvalue weighted by molar-refractivity contribution is 6.02. The normalized spacial score (nSPS) is 22.5. The van der Waals surface area contributed by atoms with Crippen LogP contribution in [0.2, 0.25) is 0 Å². The van der Waals surface area contributed by atoms with Crippen LogP contribution in [-0.2, 0) is 34.2 Å². The maximum Gasteiger partial charge on any atom is 0.409 e. The largest absolute Gasteiger partial charge is 0.453 e. The van der Waals surface area contributed by atoms with E-state index in [4.69, 9.17) is 9.84 Å². The first-order valence-corrected chi connectivity index (χ1v) is 15.3. The van der Waals surface area contributed by atoms with Gasteiger partial charge in [0, 0.05) is 50.7 Å². The number of aromatic nitrogens is 2. The topological polar surface area (TPSA) is 96.8 Å². The number of carbonyl (C=O) groups is 3. The maximum atomic E-state index is 12.5. The summed E-state index contributed by atoms with van der Waals surface area (Å²) in [5.74, 6) is -0.279. The molecule has 3 aliphatic heterocycles. The lowest BCUT2D eigenvalue weighted by atomic mass is 9.76. The number of nitrogens with zero attached hydrogens (tertiary/aromatic N) is 4. The highest BCUT2D eigenvalue weighted by Crippen LogP contribution is 2.46. The van der Waals surface area contributed by atoms with Crippen molar-refractivity contribution in [2.24, 2.45) is 12.5 Å². The van der Waals surface area contributed by atoms with Crippen LogP contribution in [0.3, 0.4) is 0 Å². The van der Waals surface area contributed by atoms with E-state index in [9.17, 15) is 14.4 Å². The molecule has 1 spiro atoms. The zero-order chi connectivity index (χ0) is 29.0. The molecule has 42 heavy (non-hydrogen) atoms. The van der Waals surface area contributed by atoms with E-state index in [1.807, 2.05) is 16.6 Å². The molecule has 1 unspecified atom stereocenters. The Balaban J connectivity index is 1.01. The molecule has 0 bridgehead atoms. The third-order valence-electron chi connectivity index (χ3n) is 10.4. The SMILES string of the molecule is COC(=O)N1CCC2(CC1)Cc1ccc(C3CCN(c4ccc5c(C6CCC(=O)NC6=O)nn(C)c5c4)CC3)cc1C2. The number of piperidine rings is 3. The van der Waals surface area contributed by atoms with Crippen LogP contribution in [0.1, 0.15) is 72.7 Å². The van der Waals surface area contributed by atoms with E-state index < -0.39 is 0 Å². The van der Waals surface area contributed by atoms with Gasteiger partial charge in [-0.15, -0.1) is 0 Å². The van der Waals surface area contributed by atoms with Gasteiger partial charge in [0.1, 0.15) is 0 Å². The average Bonchev–Trinajstić information content (AvgIpc) is 3.53. The molecule has 2 aromatic carbocycles. The number of nitrogens with one attached hydrogen (secondary N) is 1. The van der Waals surface area contributed by atoms with Crippen LogP contribution in [0, 0.1) is 5.41 Å². The van der Waals surface area contributed by atoms with Crippen LogP contribution in [0.25, 0.3) is 10.9 Å². The van der Waals surface area contributed by atoms with E-state index in [1.54, 1.807) is 0 Å². The number of rotatable bonds is 3. The predicted octanol–water partition coefficient (Wildman–Crippen LogP) is 4.42. The fourth-order valence-electron chi connectivity index (χ4n) is 7.91. The zero-order valence-electron chi connectivity index (χ0n) is 24.5. The van der Waals surface area contributed by atoms with Gasteiger partial charge in [-0.25, -0.2) is 4.79 Å². The molecule has 1 aliphatic carbocycles. The number of ether oxygens (including phenoxy) is 1. The third kappa shape index (κ3) is 4.72. The first-order chi connectivity index (χ1) is 20.3. The summed E-state index contributed by atoms with van der Waals surface area (Å²) >= 11 is 0. The van der Waals surface area contributed by atoms with Gasteiger partial charge in [0.15, 0.2) is 0 Å². The number of methoxy groups -OCH3 is 1. The fraction of sp³-hybridized carbons (Fsp3) is 0.515. The highest BCUT2D eigenvalue weighted by Gasteiger charge is 2.41. The van der Waals surface area contributed by atoms with Crippen molar-refractivity contribution in [1.82, 2.24) is 20.0 Å². The van der Waals surface area contributed by atoms with Gasteiger partial charge in [-0.3, -0.25) is 19.6 Å². The molecule has 1 aromatic heterocycles. The molecule has 1 N–H and O–H groups in total. The van der Waals surface area contributed by atoms with Gasteiger partial charge in [0.2, 0.25) is 11.8 Å². The lowest BCUT2D eigenvalue weighted by Crippen LogP contribution is -2.43. The Morgan fingerprint density at radius 2 is 1.74 bits per heavy atom. The van der Waals surface area contributed by atoms with E-state index >= 15 is 0 Å². The molecule has 3 fully saturated rings. The Morgan fingerprint density at radius 3 is 2.48 bits per heavy atom. The lowest BCUT2D eigenvalue weighted by Gasteiger charge is -2.38. The fourth-order valence-corrected chi connectivity index (χ4v) is 7.91. The van der Waals surface area contributed by atoms with E-state index in [-0.39, 0.29) is 29.2 Å². The molecule has 0 saturated carbocycles. The summed E-state index contributed by atoms with van der Waals surface area (Å²) < 4.78 is 6.80. The van der Waals surface area contributed by atoms with Gasteiger partial charge in [0.25, 0.3) is 0 Å². The second kappa shape index (κ2) is 10.4. The number of likely N-dealkylation sites (tertiary alicyclic amines) is 1. The molecule has 3 aromatic rings. The molecule has 0 radical (unpaired) electrons. The van der Waals surface area contributed by atoms with Crippen LogP contribution in [0.4, 0.5) is 10.5 Å². The second-order valence-corrected chi connectivity index (χ2v) is 12.8. The van der Waals surface area contributed by atoms with E-state index in [1.165, 1.54) is 29.5 Å². The summed E-state index contributed by atoms with van der Waals surface area (Å²) in [5, 5.41) is 8.16. The number of aryl methyl sites for hydroxylation is 1. The lowest BCUT2D eigenvalue weighted by molar-refractivity contribution is -0.134. The number of hydrogen-bond donors (Lipinski definition) is 1. The molecule has 9 heteroatoms. The van der Waals surface area contributed by atoms with Crippen molar-refractivity contribution in [2.75, 3.05) is 38.2 Å². The summed E-state index contributed by atoms with van der Waals surface area (Å²) in [4.78, 5) is 40.4. The third-order valence-corrected chi connectivity index (χ3v) is 10.4. The van der Waals surface area contributed by atoms with Crippen LogP contribution in [-0.4, -0.2) is 65.9 Å². The molecular formula is C33H39N5O4. The van der Waals surface area contributed by atoms with Crippen LogP contribution < -0.4 is 10.2 Å². The van der Waals surface area contributed by atoms with Crippen molar-refractivity contribution in [3.8, 4) is 0 Å². The van der Waals surface area contributed by atoms with Gasteiger partial charge in [-0.2, -0.15) is 5.10 Å². The Kier molecular flexibility index (Phi) is 6.71. The molecular weight excluding hydrogens is 530 g/mol. The van der Waals surface area contributed by atoms with Crippen LogP contribution in [0.5, 0.6) is 0 Å². The first-order valence-electron chi connectivity index (χ1n) is 15.3. The number of imide groups is 1. The molecule has 4 aliphatic rings. The van der Waals surface area contributed by atoms with Crippen molar-refractivity contribution in [1.29, 1.82) is 0 Å². The van der Waals surface area contributed by atoms with Crippen molar-refractivity contribution >= 4 is 34.5 Å². The van der Waals surface area contributed by atoms with Crippen molar-refractivity contribution in [3.05, 3.63) is 58.8 Å². The van der Waals surface area contributed by atoms with Crippen LogP contribution >= 0.6 is 0 Å². The van der Waals surface area contributed by atoms with E-state index in [2.05, 4.69) is 46.6 Å². The molecule has 1 atom stereocenters. The standard InChI is InChI=1S/C33H39N5O4/c1-36-28-18-25(5-6-26(28)30(35-36)27-7-8-29(39)34-31(27)40)37-13-9-21(10-14-37)22-3-4-23-19-33(20-24(23)17-22)11-15-38(16-12-33)32(41)42-2/h3-6,17-18,21,27H,7-16,19-20H2,1-2H3,(H,34,39,40). The quantitative estimate of drug-likeness (QED) is 0.469. The molecule has 9 nitrogen and oxygen atoms in total. The molecule has 220 valence electrons. The summed E-state index contributed by atoms with van der Waals surface area (Å²) in [5.41, 5.74) is 7.71. The Bertz CT molecular complexity index is 1560. The Morgan fingerprint density at radius 1 is 0.976 bits per heavy atom. The average molecular weight is 570 g/mol. The van der Waals surface area contributed by atoms with Gasteiger partial charge in [0.05, 0.1) is 24.2 Å². The summed E-state index contributed by atoms with van der Waals surface area (Å²) in [6.45, 7) is 3.57. The van der Waals surface area contributed by atoms with E-state index in [0.717, 1.165) is 81.3 Å².